The number of aromatic nitrogens is 2. The van der Waals surface area contributed by atoms with Gasteiger partial charge in [-0.2, -0.15) is 0 Å². The van der Waals surface area contributed by atoms with Gasteiger partial charge in [0.2, 0.25) is 0 Å². The molecule has 160 valence electrons. The Morgan fingerprint density at radius 1 is 0.871 bits per heavy atom. The van der Waals surface area contributed by atoms with Gasteiger partial charge in [0.15, 0.2) is 11.5 Å². The standard InChI is InChI=1S/C26H30N4O/c31-26(27-17-7-12-21-8-3-1-4-9-21)24-13-14-25(29-28-24)30-18-15-23(16-19-30)20-22-10-5-2-6-11-22/h1-6,8-11,13-14,23H,7,12,15-20H2,(H,27,31). The Hall–Kier alpha value is -3.21. The van der Waals surface area contributed by atoms with Crippen molar-refractivity contribution >= 4 is 11.7 Å². The Kier molecular flexibility index (Phi) is 7.27. The molecule has 0 radical (unpaired) electrons. The van der Waals surface area contributed by atoms with Gasteiger partial charge in [-0.25, -0.2) is 0 Å². The zero-order valence-corrected chi connectivity index (χ0v) is 17.9. The summed E-state index contributed by atoms with van der Waals surface area (Å²) in [7, 11) is 0. The molecule has 5 heteroatoms. The Labute approximate surface area is 184 Å². The van der Waals surface area contributed by atoms with Gasteiger partial charge in [0.25, 0.3) is 5.91 Å². The van der Waals surface area contributed by atoms with Crippen molar-refractivity contribution in [3.8, 4) is 0 Å². The van der Waals surface area contributed by atoms with Gasteiger partial charge < -0.3 is 10.2 Å². The van der Waals surface area contributed by atoms with Crippen LogP contribution in [0, 0.1) is 5.92 Å². The highest BCUT2D eigenvalue weighted by molar-refractivity contribution is 5.92. The maximum Gasteiger partial charge on any atom is 0.271 e. The predicted octanol–water partition coefficient (Wildman–Crippen LogP) is 4.30. The maximum atomic E-state index is 12.3. The van der Waals surface area contributed by atoms with Crippen molar-refractivity contribution in [2.24, 2.45) is 5.92 Å². The number of benzene rings is 2. The number of amides is 1. The third-order valence-electron chi connectivity index (χ3n) is 5.96. The molecular weight excluding hydrogens is 384 g/mol. The van der Waals surface area contributed by atoms with E-state index in [0.717, 1.165) is 51.0 Å². The second-order valence-electron chi connectivity index (χ2n) is 8.24. The average Bonchev–Trinajstić information content (AvgIpc) is 2.84. The third-order valence-corrected chi connectivity index (χ3v) is 5.96. The molecule has 31 heavy (non-hydrogen) atoms. The Morgan fingerprint density at radius 2 is 1.55 bits per heavy atom. The molecule has 3 aromatic rings. The minimum Gasteiger partial charge on any atom is -0.355 e. The number of hydrogen-bond acceptors (Lipinski definition) is 4. The van der Waals surface area contributed by atoms with E-state index in [1.54, 1.807) is 6.07 Å². The molecule has 0 aliphatic carbocycles. The van der Waals surface area contributed by atoms with E-state index in [2.05, 4.69) is 62.9 Å². The molecule has 2 heterocycles. The van der Waals surface area contributed by atoms with Gasteiger partial charge in [0.1, 0.15) is 0 Å². The van der Waals surface area contributed by atoms with E-state index in [1.807, 2.05) is 24.3 Å². The average molecular weight is 415 g/mol. The lowest BCUT2D eigenvalue weighted by Crippen LogP contribution is -2.35. The minimum atomic E-state index is -0.159. The van der Waals surface area contributed by atoms with E-state index in [-0.39, 0.29) is 5.91 Å². The van der Waals surface area contributed by atoms with Crippen LogP contribution < -0.4 is 10.2 Å². The van der Waals surface area contributed by atoms with E-state index >= 15 is 0 Å². The summed E-state index contributed by atoms with van der Waals surface area (Å²) in [5, 5.41) is 11.4. The van der Waals surface area contributed by atoms with E-state index in [1.165, 1.54) is 11.1 Å². The lowest BCUT2D eigenvalue weighted by atomic mass is 9.90. The number of rotatable bonds is 8. The first-order valence-electron chi connectivity index (χ1n) is 11.2. The van der Waals surface area contributed by atoms with Crippen LogP contribution in [0.2, 0.25) is 0 Å². The normalized spacial score (nSPS) is 14.4. The number of hydrogen-bond donors (Lipinski definition) is 1. The van der Waals surface area contributed by atoms with Crippen molar-refractivity contribution in [1.29, 1.82) is 0 Å². The predicted molar refractivity (Wildman–Crippen MR) is 124 cm³/mol. The number of anilines is 1. The largest absolute Gasteiger partial charge is 0.355 e. The summed E-state index contributed by atoms with van der Waals surface area (Å²) in [6, 6.07) is 24.7. The van der Waals surface area contributed by atoms with Crippen LogP contribution in [-0.4, -0.2) is 35.7 Å². The van der Waals surface area contributed by atoms with Crippen LogP contribution in [0.5, 0.6) is 0 Å². The third kappa shape index (κ3) is 6.14. The van der Waals surface area contributed by atoms with Crippen molar-refractivity contribution in [2.45, 2.75) is 32.1 Å². The molecule has 0 spiro atoms. The Morgan fingerprint density at radius 3 is 2.19 bits per heavy atom. The van der Waals surface area contributed by atoms with Gasteiger partial charge in [0.05, 0.1) is 0 Å². The topological polar surface area (TPSA) is 58.1 Å². The highest BCUT2D eigenvalue weighted by Gasteiger charge is 2.21. The van der Waals surface area contributed by atoms with Crippen LogP contribution in [0.4, 0.5) is 5.82 Å². The van der Waals surface area contributed by atoms with Crippen molar-refractivity contribution in [1.82, 2.24) is 15.5 Å². The van der Waals surface area contributed by atoms with Crippen LogP contribution in [0.25, 0.3) is 0 Å². The lowest BCUT2D eigenvalue weighted by molar-refractivity contribution is 0.0947. The Bertz CT molecular complexity index is 936. The molecule has 1 aromatic heterocycles. The van der Waals surface area contributed by atoms with Crippen molar-refractivity contribution in [3.63, 3.8) is 0 Å². The number of carbonyl (C=O) groups is 1. The highest BCUT2D eigenvalue weighted by Crippen LogP contribution is 2.24. The maximum absolute atomic E-state index is 12.3. The van der Waals surface area contributed by atoms with Gasteiger partial charge in [0, 0.05) is 19.6 Å². The van der Waals surface area contributed by atoms with Crippen LogP contribution in [0.15, 0.2) is 72.8 Å². The van der Waals surface area contributed by atoms with Crippen LogP contribution >= 0.6 is 0 Å². The first-order valence-corrected chi connectivity index (χ1v) is 11.2. The Balaban J connectivity index is 1.20. The van der Waals surface area contributed by atoms with Gasteiger partial charge in [-0.1, -0.05) is 60.7 Å². The molecule has 5 nitrogen and oxygen atoms in total. The molecule has 0 saturated carbocycles. The minimum absolute atomic E-state index is 0.159. The van der Waals surface area contributed by atoms with Gasteiger partial charge in [-0.3, -0.25) is 4.79 Å². The number of piperidine rings is 1. The summed E-state index contributed by atoms with van der Waals surface area (Å²) in [6.07, 6.45) is 5.30. The number of carbonyl (C=O) groups excluding carboxylic acids is 1. The quantitative estimate of drug-likeness (QED) is 0.559. The molecule has 1 fully saturated rings. The fourth-order valence-electron chi connectivity index (χ4n) is 4.16. The van der Waals surface area contributed by atoms with Crippen LogP contribution in [0.1, 0.15) is 40.9 Å². The molecule has 1 aliphatic rings. The van der Waals surface area contributed by atoms with Crippen LogP contribution in [0.3, 0.4) is 0 Å². The molecule has 2 aromatic carbocycles. The van der Waals surface area contributed by atoms with Gasteiger partial charge in [-0.05, 0) is 61.3 Å². The number of aryl methyl sites for hydroxylation is 1. The molecular formula is C26H30N4O. The molecule has 0 atom stereocenters. The van der Waals surface area contributed by atoms with Crippen molar-refractivity contribution in [3.05, 3.63) is 89.6 Å². The molecule has 1 aliphatic heterocycles. The van der Waals surface area contributed by atoms with Crippen molar-refractivity contribution < 1.29 is 4.79 Å². The van der Waals surface area contributed by atoms with Crippen LogP contribution in [-0.2, 0) is 12.8 Å². The monoisotopic (exact) mass is 414 g/mol. The fraction of sp³-hybridized carbons (Fsp3) is 0.346. The van der Waals surface area contributed by atoms with Crippen molar-refractivity contribution in [2.75, 3.05) is 24.5 Å². The summed E-state index contributed by atoms with van der Waals surface area (Å²) < 4.78 is 0. The number of nitrogens with one attached hydrogen (secondary N) is 1. The van der Waals surface area contributed by atoms with E-state index in [9.17, 15) is 4.79 Å². The number of nitrogens with zero attached hydrogens (tertiary/aromatic N) is 3. The zero-order chi connectivity index (χ0) is 21.3. The molecule has 4 rings (SSSR count). The smallest absolute Gasteiger partial charge is 0.271 e. The second-order valence-corrected chi connectivity index (χ2v) is 8.24. The summed E-state index contributed by atoms with van der Waals surface area (Å²) in [5.74, 6) is 1.42. The highest BCUT2D eigenvalue weighted by atomic mass is 16.1. The fourth-order valence-corrected chi connectivity index (χ4v) is 4.16. The first-order chi connectivity index (χ1) is 15.3. The second kappa shape index (κ2) is 10.7. The molecule has 1 amide bonds. The van der Waals surface area contributed by atoms with E-state index in [0.29, 0.717) is 18.2 Å². The summed E-state index contributed by atoms with van der Waals surface area (Å²) in [5.41, 5.74) is 3.08. The molecule has 1 N–H and O–H groups in total. The van der Waals surface area contributed by atoms with Gasteiger partial charge in [-0.15, -0.1) is 10.2 Å². The SMILES string of the molecule is O=C(NCCCc1ccccc1)c1ccc(N2CCC(Cc3ccccc3)CC2)nn1. The summed E-state index contributed by atoms with van der Waals surface area (Å²) >= 11 is 0. The van der Waals surface area contributed by atoms with E-state index < -0.39 is 0 Å². The summed E-state index contributed by atoms with van der Waals surface area (Å²) in [6.45, 7) is 2.60. The molecule has 1 saturated heterocycles. The molecule has 0 bridgehead atoms. The van der Waals surface area contributed by atoms with Gasteiger partial charge >= 0.3 is 0 Å². The molecule has 0 unspecified atom stereocenters. The lowest BCUT2D eigenvalue weighted by Gasteiger charge is -2.32. The summed E-state index contributed by atoms with van der Waals surface area (Å²) in [4.78, 5) is 14.6. The zero-order valence-electron chi connectivity index (χ0n) is 17.9. The van der Waals surface area contributed by atoms with E-state index in [4.69, 9.17) is 0 Å². The first kappa shape index (κ1) is 21.0.